The summed E-state index contributed by atoms with van der Waals surface area (Å²) in [5.41, 5.74) is 6.58. The molecule has 1 aromatic carbocycles. The number of nitrogens with one attached hydrogen (secondary N) is 1. The van der Waals surface area contributed by atoms with Gasteiger partial charge in [-0.15, -0.1) is 0 Å². The minimum atomic E-state index is -3.63. The van der Waals surface area contributed by atoms with E-state index in [1.165, 1.54) is 4.57 Å². The second-order valence-electron chi connectivity index (χ2n) is 4.86. The molecule has 3 aromatic rings. The highest BCUT2D eigenvalue weighted by molar-refractivity contribution is 7.90. The number of H-pyrrole nitrogens is 1. The van der Waals surface area contributed by atoms with Crippen molar-refractivity contribution in [3.63, 3.8) is 0 Å². The zero-order valence-corrected chi connectivity index (χ0v) is 12.5. The molecule has 114 valence electrons. The molecule has 0 amide bonds. The number of nitrogens with two attached hydrogens (primary N) is 1. The molecule has 0 unspecified atom stereocenters. The molecule has 0 spiro atoms. The fourth-order valence-corrected chi connectivity index (χ4v) is 2.63. The van der Waals surface area contributed by atoms with Crippen molar-refractivity contribution in [2.45, 2.75) is 11.7 Å². The number of sulfone groups is 1. The second kappa shape index (κ2) is 4.95. The summed E-state index contributed by atoms with van der Waals surface area (Å²) in [6, 6.07) is 9.27. The van der Waals surface area contributed by atoms with Gasteiger partial charge in [0.1, 0.15) is 5.52 Å². The van der Waals surface area contributed by atoms with Gasteiger partial charge in [-0.05, 0) is 5.56 Å². The maximum absolute atomic E-state index is 12.1. The van der Waals surface area contributed by atoms with Gasteiger partial charge in [0.2, 0.25) is 9.84 Å². The van der Waals surface area contributed by atoms with Crippen molar-refractivity contribution in [2.75, 3.05) is 12.0 Å². The average Bonchev–Trinajstić information content (AvgIpc) is 2.77. The Bertz CT molecular complexity index is 1010. The van der Waals surface area contributed by atoms with Crippen LogP contribution in [0, 0.1) is 0 Å². The van der Waals surface area contributed by atoms with Gasteiger partial charge in [0.15, 0.2) is 11.5 Å². The lowest BCUT2D eigenvalue weighted by molar-refractivity contribution is 0.593. The van der Waals surface area contributed by atoms with Crippen LogP contribution in [-0.2, 0) is 16.4 Å². The molecule has 0 bridgehead atoms. The zero-order valence-electron chi connectivity index (χ0n) is 11.6. The number of aromatic nitrogens is 4. The largest absolute Gasteiger partial charge is 0.382 e. The van der Waals surface area contributed by atoms with Crippen LogP contribution in [0.15, 0.2) is 40.3 Å². The van der Waals surface area contributed by atoms with E-state index in [0.717, 1.165) is 11.8 Å². The first-order valence-electron chi connectivity index (χ1n) is 6.36. The number of hydrogen-bond donors (Lipinski definition) is 2. The lowest BCUT2D eigenvalue weighted by Crippen LogP contribution is -2.18. The first-order valence-corrected chi connectivity index (χ1v) is 8.25. The van der Waals surface area contributed by atoms with Crippen molar-refractivity contribution in [1.82, 2.24) is 19.5 Å². The highest BCUT2D eigenvalue weighted by Gasteiger charge is 2.18. The summed E-state index contributed by atoms with van der Waals surface area (Å²) in [7, 11) is -3.63. The summed E-state index contributed by atoms with van der Waals surface area (Å²) < 4.78 is 24.6. The van der Waals surface area contributed by atoms with Crippen molar-refractivity contribution in [1.29, 1.82) is 0 Å². The summed E-state index contributed by atoms with van der Waals surface area (Å²) >= 11 is 0. The Balaban J connectivity index is 2.24. The van der Waals surface area contributed by atoms with Crippen molar-refractivity contribution >= 4 is 26.8 Å². The third kappa shape index (κ3) is 2.46. The molecule has 0 atom stereocenters. The lowest BCUT2D eigenvalue weighted by atomic mass is 10.2. The van der Waals surface area contributed by atoms with Crippen LogP contribution >= 0.6 is 0 Å². The molecule has 0 saturated heterocycles. The van der Waals surface area contributed by atoms with Crippen molar-refractivity contribution < 1.29 is 8.42 Å². The van der Waals surface area contributed by atoms with E-state index in [1.807, 2.05) is 30.3 Å². The van der Waals surface area contributed by atoms with Gasteiger partial charge >= 0.3 is 5.69 Å². The summed E-state index contributed by atoms with van der Waals surface area (Å²) in [6.45, 7) is 0.249. The van der Waals surface area contributed by atoms with E-state index in [4.69, 9.17) is 5.73 Å². The SMILES string of the molecule is CS(=O)(=O)c1nc(N)c2[nH]c(=O)n(Cc3ccccc3)c2n1. The standard InChI is InChI=1S/C13H13N5O3S/c1-22(20,21)12-16-10(14)9-11(17-12)18(13(19)15-9)7-8-5-3-2-4-6-8/h2-6H,7H2,1H3,(H,15,19)(H2,14,16,17). The first-order chi connectivity index (χ1) is 10.4. The highest BCUT2D eigenvalue weighted by Crippen LogP contribution is 2.17. The summed E-state index contributed by atoms with van der Waals surface area (Å²) in [5, 5.41) is -0.404. The van der Waals surface area contributed by atoms with E-state index in [2.05, 4.69) is 15.0 Å². The molecule has 22 heavy (non-hydrogen) atoms. The minimum Gasteiger partial charge on any atom is -0.382 e. The van der Waals surface area contributed by atoms with Gasteiger partial charge < -0.3 is 10.7 Å². The molecule has 3 rings (SSSR count). The Kier molecular flexibility index (Phi) is 3.21. The maximum atomic E-state index is 12.1. The van der Waals surface area contributed by atoms with Gasteiger partial charge in [0.05, 0.1) is 6.54 Å². The summed E-state index contributed by atoms with van der Waals surface area (Å²) in [4.78, 5) is 22.4. The van der Waals surface area contributed by atoms with E-state index < -0.39 is 20.7 Å². The molecule has 2 heterocycles. The number of nitrogens with zero attached hydrogens (tertiary/aromatic N) is 3. The van der Waals surface area contributed by atoms with E-state index >= 15 is 0 Å². The predicted molar refractivity (Wildman–Crippen MR) is 81.2 cm³/mol. The van der Waals surface area contributed by atoms with E-state index in [0.29, 0.717) is 0 Å². The lowest BCUT2D eigenvalue weighted by Gasteiger charge is -2.04. The van der Waals surface area contributed by atoms with Crippen LogP contribution in [0.3, 0.4) is 0 Å². The normalized spacial score (nSPS) is 11.9. The molecule has 9 heteroatoms. The number of fused-ring (bicyclic) bond motifs is 1. The third-order valence-electron chi connectivity index (χ3n) is 3.15. The zero-order chi connectivity index (χ0) is 15.9. The Morgan fingerprint density at radius 1 is 1.23 bits per heavy atom. The Labute approximate surface area is 125 Å². The monoisotopic (exact) mass is 319 g/mol. The van der Waals surface area contributed by atoms with Gasteiger partial charge in [-0.25, -0.2) is 13.2 Å². The molecule has 0 saturated carbocycles. The summed E-state index contributed by atoms with van der Waals surface area (Å²) in [5.74, 6) is -0.0747. The van der Waals surface area contributed by atoms with Crippen molar-refractivity contribution in [3.8, 4) is 0 Å². The Hall–Kier alpha value is -2.68. The van der Waals surface area contributed by atoms with Crippen molar-refractivity contribution in [3.05, 3.63) is 46.4 Å². The number of hydrogen-bond acceptors (Lipinski definition) is 6. The van der Waals surface area contributed by atoms with E-state index in [1.54, 1.807) is 0 Å². The van der Waals surface area contributed by atoms with Gasteiger partial charge in [0.25, 0.3) is 5.16 Å². The number of anilines is 1. The molecule has 0 radical (unpaired) electrons. The number of benzene rings is 1. The highest BCUT2D eigenvalue weighted by atomic mass is 32.2. The number of imidazole rings is 1. The van der Waals surface area contributed by atoms with Crippen LogP contribution in [0.5, 0.6) is 0 Å². The van der Waals surface area contributed by atoms with Crippen LogP contribution in [0.25, 0.3) is 11.2 Å². The van der Waals surface area contributed by atoms with Crippen LogP contribution in [0.1, 0.15) is 5.56 Å². The molecular formula is C13H13N5O3S. The van der Waals surface area contributed by atoms with Gasteiger partial charge in [-0.3, -0.25) is 4.57 Å². The maximum Gasteiger partial charge on any atom is 0.328 e. The molecular weight excluding hydrogens is 306 g/mol. The van der Waals surface area contributed by atoms with E-state index in [9.17, 15) is 13.2 Å². The van der Waals surface area contributed by atoms with Crippen LogP contribution in [-0.4, -0.2) is 34.2 Å². The van der Waals surface area contributed by atoms with Crippen LogP contribution in [0.2, 0.25) is 0 Å². The number of rotatable bonds is 3. The van der Waals surface area contributed by atoms with Crippen LogP contribution in [0.4, 0.5) is 5.82 Å². The summed E-state index contributed by atoms with van der Waals surface area (Å²) in [6.07, 6.45) is 0.986. The smallest absolute Gasteiger partial charge is 0.328 e. The molecule has 0 aliphatic heterocycles. The number of nitrogen functional groups attached to an aromatic ring is 1. The Morgan fingerprint density at radius 3 is 2.55 bits per heavy atom. The molecule has 3 N–H and O–H groups in total. The fraction of sp³-hybridized carbons (Fsp3) is 0.154. The molecule has 0 fully saturated rings. The first kappa shape index (κ1) is 14.3. The average molecular weight is 319 g/mol. The second-order valence-corrected chi connectivity index (χ2v) is 6.77. The predicted octanol–water partition coefficient (Wildman–Crippen LogP) is 0.154. The van der Waals surface area contributed by atoms with Crippen molar-refractivity contribution in [2.24, 2.45) is 0 Å². The molecule has 0 aliphatic carbocycles. The minimum absolute atomic E-state index is 0.0747. The van der Waals surface area contributed by atoms with Crippen LogP contribution < -0.4 is 11.4 Å². The number of aromatic amines is 1. The fourth-order valence-electron chi connectivity index (χ4n) is 2.11. The third-order valence-corrected chi connectivity index (χ3v) is 3.99. The van der Waals surface area contributed by atoms with E-state index in [-0.39, 0.29) is 23.5 Å². The van der Waals surface area contributed by atoms with Gasteiger partial charge in [-0.1, -0.05) is 30.3 Å². The van der Waals surface area contributed by atoms with Gasteiger partial charge in [0, 0.05) is 6.26 Å². The molecule has 2 aromatic heterocycles. The topological polar surface area (TPSA) is 124 Å². The molecule has 0 aliphatic rings. The quantitative estimate of drug-likeness (QED) is 0.662. The molecule has 8 nitrogen and oxygen atoms in total. The van der Waals surface area contributed by atoms with Gasteiger partial charge in [-0.2, -0.15) is 9.97 Å². The Morgan fingerprint density at radius 2 is 1.91 bits per heavy atom.